The van der Waals surface area contributed by atoms with Crippen LogP contribution < -0.4 is 5.73 Å². The minimum atomic E-state index is 0.193. The molecule has 16 heavy (non-hydrogen) atoms. The zero-order chi connectivity index (χ0) is 11.7. The number of carbonyl (C=O) groups is 1. The zero-order valence-electron chi connectivity index (χ0n) is 10.4. The van der Waals surface area contributed by atoms with E-state index in [1.165, 1.54) is 19.3 Å². The zero-order valence-corrected chi connectivity index (χ0v) is 10.4. The van der Waals surface area contributed by atoms with E-state index in [9.17, 15) is 4.79 Å². The second-order valence-corrected chi connectivity index (χ2v) is 5.41. The molecule has 0 aromatic carbocycles. The van der Waals surface area contributed by atoms with Crippen LogP contribution in [0.1, 0.15) is 25.7 Å². The Morgan fingerprint density at radius 1 is 1.50 bits per heavy atom. The molecule has 0 aromatic rings. The maximum atomic E-state index is 11.7. The number of carbonyl (C=O) groups excluding carboxylic acids is 1. The average molecular weight is 225 g/mol. The number of likely N-dealkylation sites (tertiary alicyclic amines) is 1. The normalized spacial score (nSPS) is 30.7. The highest BCUT2D eigenvalue weighted by molar-refractivity contribution is 5.76. The van der Waals surface area contributed by atoms with E-state index in [2.05, 4.69) is 4.90 Å². The first-order chi connectivity index (χ1) is 7.61. The van der Waals surface area contributed by atoms with Crippen molar-refractivity contribution in [2.75, 3.05) is 27.2 Å². The van der Waals surface area contributed by atoms with Gasteiger partial charge in [-0.3, -0.25) is 9.69 Å². The summed E-state index contributed by atoms with van der Waals surface area (Å²) >= 11 is 0. The van der Waals surface area contributed by atoms with Crippen LogP contribution in [-0.2, 0) is 4.79 Å². The number of nitrogens with zero attached hydrogens (tertiary/aromatic N) is 2. The Morgan fingerprint density at radius 2 is 2.25 bits per heavy atom. The highest BCUT2D eigenvalue weighted by Gasteiger charge is 2.40. The minimum Gasteiger partial charge on any atom is -0.349 e. The molecule has 92 valence electrons. The molecule has 3 atom stereocenters. The predicted molar refractivity (Wildman–Crippen MR) is 64.0 cm³/mol. The number of hydrogen-bond acceptors (Lipinski definition) is 3. The van der Waals surface area contributed by atoms with Crippen LogP contribution in [0, 0.1) is 5.92 Å². The number of amides is 1. The molecule has 1 heterocycles. The first-order valence-corrected chi connectivity index (χ1v) is 6.27. The van der Waals surface area contributed by atoms with Crippen molar-refractivity contribution in [2.24, 2.45) is 11.7 Å². The van der Waals surface area contributed by atoms with Gasteiger partial charge in [-0.1, -0.05) is 0 Å². The van der Waals surface area contributed by atoms with Gasteiger partial charge in [0, 0.05) is 45.7 Å². The van der Waals surface area contributed by atoms with E-state index in [4.69, 9.17) is 5.73 Å². The van der Waals surface area contributed by atoms with E-state index in [1.807, 2.05) is 14.1 Å². The quantitative estimate of drug-likeness (QED) is 0.747. The molecule has 1 aliphatic carbocycles. The van der Waals surface area contributed by atoms with E-state index in [1.54, 1.807) is 4.90 Å². The van der Waals surface area contributed by atoms with Gasteiger partial charge >= 0.3 is 0 Å². The second kappa shape index (κ2) is 4.72. The third kappa shape index (κ3) is 2.23. The third-order valence-corrected chi connectivity index (χ3v) is 4.10. The molecule has 1 saturated heterocycles. The number of fused-ring (bicyclic) bond motifs is 2. The largest absolute Gasteiger partial charge is 0.349 e. The van der Waals surface area contributed by atoms with Crippen LogP contribution in [-0.4, -0.2) is 55.0 Å². The third-order valence-electron chi connectivity index (χ3n) is 4.10. The summed E-state index contributed by atoms with van der Waals surface area (Å²) in [5.41, 5.74) is 5.82. The van der Waals surface area contributed by atoms with Gasteiger partial charge in [0.05, 0.1) is 0 Å². The summed E-state index contributed by atoms with van der Waals surface area (Å²) in [6.45, 7) is 1.76. The lowest BCUT2D eigenvalue weighted by Gasteiger charge is -2.34. The van der Waals surface area contributed by atoms with E-state index in [0.29, 0.717) is 19.0 Å². The Labute approximate surface area is 97.8 Å². The summed E-state index contributed by atoms with van der Waals surface area (Å²) in [6, 6.07) is 0.957. The van der Waals surface area contributed by atoms with Crippen LogP contribution in [0.25, 0.3) is 0 Å². The fraction of sp³-hybridized carbons (Fsp3) is 0.917. The summed E-state index contributed by atoms with van der Waals surface area (Å²) in [5, 5.41) is 0. The number of hydrogen-bond donors (Lipinski definition) is 1. The first-order valence-electron chi connectivity index (χ1n) is 6.27. The van der Waals surface area contributed by atoms with Gasteiger partial charge in [-0.25, -0.2) is 0 Å². The molecule has 2 N–H and O–H groups in total. The topological polar surface area (TPSA) is 49.6 Å². The SMILES string of the molecule is CN(C)C(=O)CC(CN)N1CC2CCC1C2. The molecule has 4 heteroatoms. The lowest BCUT2D eigenvalue weighted by Crippen LogP contribution is -2.47. The highest BCUT2D eigenvalue weighted by Crippen LogP contribution is 2.38. The van der Waals surface area contributed by atoms with Crippen molar-refractivity contribution in [1.29, 1.82) is 0 Å². The summed E-state index contributed by atoms with van der Waals surface area (Å²) in [5.74, 6) is 1.06. The molecule has 2 bridgehead atoms. The maximum absolute atomic E-state index is 11.7. The predicted octanol–water partition coefficient (Wildman–Crippen LogP) is 0.276. The lowest BCUT2D eigenvalue weighted by molar-refractivity contribution is -0.130. The summed E-state index contributed by atoms with van der Waals surface area (Å²) in [6.07, 6.45) is 4.58. The Morgan fingerprint density at radius 3 is 2.69 bits per heavy atom. The maximum Gasteiger partial charge on any atom is 0.223 e. The van der Waals surface area contributed by atoms with Gasteiger partial charge in [0.2, 0.25) is 5.91 Å². The van der Waals surface area contributed by atoms with Crippen molar-refractivity contribution < 1.29 is 4.79 Å². The fourth-order valence-corrected chi connectivity index (χ4v) is 3.13. The monoisotopic (exact) mass is 225 g/mol. The van der Waals surface area contributed by atoms with Crippen molar-refractivity contribution in [2.45, 2.75) is 37.8 Å². The van der Waals surface area contributed by atoms with Crippen molar-refractivity contribution in [1.82, 2.24) is 9.80 Å². The van der Waals surface area contributed by atoms with Crippen molar-refractivity contribution in [3.63, 3.8) is 0 Å². The molecule has 1 amide bonds. The van der Waals surface area contributed by atoms with E-state index >= 15 is 0 Å². The van der Waals surface area contributed by atoms with Crippen molar-refractivity contribution in [3.8, 4) is 0 Å². The van der Waals surface area contributed by atoms with Gasteiger partial charge in [-0.15, -0.1) is 0 Å². The van der Waals surface area contributed by atoms with Gasteiger partial charge < -0.3 is 10.6 Å². The molecule has 1 saturated carbocycles. The molecule has 3 unspecified atom stereocenters. The smallest absolute Gasteiger partial charge is 0.223 e. The van der Waals surface area contributed by atoms with Gasteiger partial charge in [-0.05, 0) is 25.2 Å². The molecular formula is C12H23N3O. The number of nitrogens with two attached hydrogens (primary N) is 1. The first kappa shape index (κ1) is 11.9. The molecule has 2 aliphatic rings. The van der Waals surface area contributed by atoms with Gasteiger partial charge in [0.25, 0.3) is 0 Å². The van der Waals surface area contributed by atoms with Crippen molar-refractivity contribution >= 4 is 5.91 Å². The van der Waals surface area contributed by atoms with E-state index < -0.39 is 0 Å². The van der Waals surface area contributed by atoms with Crippen LogP contribution in [0.3, 0.4) is 0 Å². The number of rotatable bonds is 4. The molecule has 0 radical (unpaired) electrons. The van der Waals surface area contributed by atoms with Crippen LogP contribution in [0.5, 0.6) is 0 Å². The molecule has 1 aliphatic heterocycles. The Bertz CT molecular complexity index is 267. The second-order valence-electron chi connectivity index (χ2n) is 5.41. The fourth-order valence-electron chi connectivity index (χ4n) is 3.13. The summed E-state index contributed by atoms with van der Waals surface area (Å²) in [4.78, 5) is 15.9. The van der Waals surface area contributed by atoms with Crippen LogP contribution in [0.15, 0.2) is 0 Å². The Kier molecular flexibility index (Phi) is 3.50. The molecule has 2 rings (SSSR count). The minimum absolute atomic E-state index is 0.193. The van der Waals surface area contributed by atoms with Crippen LogP contribution in [0.2, 0.25) is 0 Å². The van der Waals surface area contributed by atoms with Gasteiger partial charge in [0.15, 0.2) is 0 Å². The molecule has 0 aromatic heterocycles. The Hall–Kier alpha value is -0.610. The Balaban J connectivity index is 1.92. The standard InChI is InChI=1S/C12H23N3O/c1-14(2)12(16)6-11(7-13)15-8-9-3-4-10(15)5-9/h9-11H,3-8,13H2,1-2H3. The molecule has 4 nitrogen and oxygen atoms in total. The number of piperidine rings is 1. The summed E-state index contributed by atoms with van der Waals surface area (Å²) < 4.78 is 0. The molecule has 0 spiro atoms. The lowest BCUT2D eigenvalue weighted by atomic mass is 10.1. The van der Waals surface area contributed by atoms with E-state index in [0.717, 1.165) is 12.5 Å². The summed E-state index contributed by atoms with van der Waals surface area (Å²) in [7, 11) is 3.62. The molecule has 2 fully saturated rings. The van der Waals surface area contributed by atoms with Gasteiger partial charge in [0.1, 0.15) is 0 Å². The van der Waals surface area contributed by atoms with Crippen molar-refractivity contribution in [3.05, 3.63) is 0 Å². The van der Waals surface area contributed by atoms with Crippen LogP contribution >= 0.6 is 0 Å². The molecular weight excluding hydrogens is 202 g/mol. The van der Waals surface area contributed by atoms with E-state index in [-0.39, 0.29) is 11.9 Å². The average Bonchev–Trinajstić information content (AvgIpc) is 2.86. The van der Waals surface area contributed by atoms with Gasteiger partial charge in [-0.2, -0.15) is 0 Å². The highest BCUT2D eigenvalue weighted by atomic mass is 16.2. The van der Waals surface area contributed by atoms with Crippen LogP contribution in [0.4, 0.5) is 0 Å².